The SMILES string of the molecule is CCCCCCCCCC(O)(CCCN)COC. The molecule has 0 aromatic carbocycles. The minimum absolute atomic E-state index is 0.433. The van der Waals surface area contributed by atoms with Crippen molar-refractivity contribution >= 4 is 0 Å². The first-order valence-corrected chi connectivity index (χ1v) is 7.60. The molecule has 0 aliphatic heterocycles. The molecule has 0 heterocycles. The predicted molar refractivity (Wildman–Crippen MR) is 77.7 cm³/mol. The third-order valence-corrected chi connectivity index (χ3v) is 3.50. The summed E-state index contributed by atoms with van der Waals surface area (Å²) in [7, 11) is 1.65. The van der Waals surface area contributed by atoms with E-state index in [0.717, 1.165) is 25.7 Å². The van der Waals surface area contributed by atoms with E-state index in [2.05, 4.69) is 6.92 Å². The van der Waals surface area contributed by atoms with Crippen LogP contribution in [0.1, 0.15) is 71.1 Å². The summed E-state index contributed by atoms with van der Waals surface area (Å²) in [5.74, 6) is 0. The van der Waals surface area contributed by atoms with Crippen molar-refractivity contribution in [2.24, 2.45) is 5.73 Å². The summed E-state index contributed by atoms with van der Waals surface area (Å²) < 4.78 is 5.12. The number of nitrogens with two attached hydrogens (primary N) is 1. The van der Waals surface area contributed by atoms with Crippen molar-refractivity contribution < 1.29 is 9.84 Å². The van der Waals surface area contributed by atoms with Crippen molar-refractivity contribution in [3.63, 3.8) is 0 Å². The van der Waals surface area contributed by atoms with E-state index in [9.17, 15) is 5.11 Å². The fourth-order valence-electron chi connectivity index (χ4n) is 2.38. The van der Waals surface area contributed by atoms with Gasteiger partial charge in [0.25, 0.3) is 0 Å². The third-order valence-electron chi connectivity index (χ3n) is 3.50. The Morgan fingerprint density at radius 2 is 1.50 bits per heavy atom. The second-order valence-electron chi connectivity index (χ2n) is 5.42. The molecule has 110 valence electrons. The molecule has 0 radical (unpaired) electrons. The average Bonchev–Trinajstić information content (AvgIpc) is 2.36. The van der Waals surface area contributed by atoms with Crippen LogP contribution >= 0.6 is 0 Å². The van der Waals surface area contributed by atoms with Gasteiger partial charge in [0, 0.05) is 7.11 Å². The normalized spacial score (nSPS) is 14.7. The fraction of sp³-hybridized carbons (Fsp3) is 1.00. The average molecular weight is 259 g/mol. The Morgan fingerprint density at radius 3 is 2.06 bits per heavy atom. The fourth-order valence-corrected chi connectivity index (χ4v) is 2.38. The summed E-state index contributed by atoms with van der Waals surface area (Å²) in [4.78, 5) is 0. The maximum atomic E-state index is 10.4. The van der Waals surface area contributed by atoms with Gasteiger partial charge in [0.15, 0.2) is 0 Å². The minimum atomic E-state index is -0.655. The molecular weight excluding hydrogens is 226 g/mol. The summed E-state index contributed by atoms with van der Waals surface area (Å²) >= 11 is 0. The molecule has 0 amide bonds. The first-order valence-electron chi connectivity index (χ1n) is 7.60. The molecule has 0 saturated carbocycles. The van der Waals surface area contributed by atoms with Gasteiger partial charge < -0.3 is 15.6 Å². The van der Waals surface area contributed by atoms with E-state index in [4.69, 9.17) is 10.5 Å². The highest BCUT2D eigenvalue weighted by atomic mass is 16.5. The maximum Gasteiger partial charge on any atom is 0.0880 e. The van der Waals surface area contributed by atoms with Crippen LogP contribution in [0.25, 0.3) is 0 Å². The first kappa shape index (κ1) is 17.9. The summed E-state index contributed by atoms with van der Waals surface area (Å²) in [6.07, 6.45) is 11.4. The second kappa shape index (κ2) is 11.9. The van der Waals surface area contributed by atoms with Gasteiger partial charge in [-0.05, 0) is 25.8 Å². The van der Waals surface area contributed by atoms with Crippen LogP contribution in [-0.4, -0.2) is 31.0 Å². The van der Waals surface area contributed by atoms with Gasteiger partial charge in [0.05, 0.1) is 12.2 Å². The van der Waals surface area contributed by atoms with Crippen LogP contribution in [0, 0.1) is 0 Å². The van der Waals surface area contributed by atoms with E-state index in [0.29, 0.717) is 13.2 Å². The molecular formula is C15H33NO2. The van der Waals surface area contributed by atoms with Crippen LogP contribution in [0.2, 0.25) is 0 Å². The molecule has 0 saturated heterocycles. The molecule has 18 heavy (non-hydrogen) atoms. The highest BCUT2D eigenvalue weighted by Crippen LogP contribution is 2.21. The molecule has 0 aromatic rings. The Bertz CT molecular complexity index is 176. The van der Waals surface area contributed by atoms with Gasteiger partial charge in [-0.15, -0.1) is 0 Å². The van der Waals surface area contributed by atoms with Crippen molar-refractivity contribution in [1.82, 2.24) is 0 Å². The Balaban J connectivity index is 3.62. The highest BCUT2D eigenvalue weighted by Gasteiger charge is 2.25. The monoisotopic (exact) mass is 259 g/mol. The standard InChI is InChI=1S/C15H33NO2/c1-3-4-5-6-7-8-9-11-15(17,14-18-2)12-10-13-16/h17H,3-14,16H2,1-2H3. The summed E-state index contributed by atoms with van der Waals surface area (Å²) in [6.45, 7) is 3.31. The zero-order chi connectivity index (χ0) is 13.7. The zero-order valence-electron chi connectivity index (χ0n) is 12.4. The number of unbranched alkanes of at least 4 members (excludes halogenated alkanes) is 6. The van der Waals surface area contributed by atoms with Crippen LogP contribution in [-0.2, 0) is 4.74 Å². The van der Waals surface area contributed by atoms with Gasteiger partial charge >= 0.3 is 0 Å². The number of ether oxygens (including phenoxy) is 1. The summed E-state index contributed by atoms with van der Waals surface area (Å²) in [5.41, 5.74) is 4.85. The molecule has 0 rings (SSSR count). The largest absolute Gasteiger partial charge is 0.387 e. The summed E-state index contributed by atoms with van der Waals surface area (Å²) in [5, 5.41) is 10.4. The molecule has 0 spiro atoms. The van der Waals surface area contributed by atoms with Crippen molar-refractivity contribution in [3.8, 4) is 0 Å². The van der Waals surface area contributed by atoms with Crippen molar-refractivity contribution in [2.45, 2.75) is 76.7 Å². The van der Waals surface area contributed by atoms with Crippen LogP contribution in [0.3, 0.4) is 0 Å². The van der Waals surface area contributed by atoms with Crippen molar-refractivity contribution in [3.05, 3.63) is 0 Å². The molecule has 0 aromatic heterocycles. The molecule has 0 bridgehead atoms. The molecule has 3 N–H and O–H groups in total. The zero-order valence-corrected chi connectivity index (χ0v) is 12.4. The quantitative estimate of drug-likeness (QED) is 0.499. The lowest BCUT2D eigenvalue weighted by Crippen LogP contribution is -2.34. The van der Waals surface area contributed by atoms with E-state index >= 15 is 0 Å². The lowest BCUT2D eigenvalue weighted by Gasteiger charge is -2.27. The number of aliphatic hydroxyl groups is 1. The van der Waals surface area contributed by atoms with Gasteiger partial charge in [0.2, 0.25) is 0 Å². The Kier molecular flexibility index (Phi) is 11.9. The van der Waals surface area contributed by atoms with E-state index in [1.54, 1.807) is 7.11 Å². The smallest absolute Gasteiger partial charge is 0.0880 e. The Morgan fingerprint density at radius 1 is 0.944 bits per heavy atom. The topological polar surface area (TPSA) is 55.5 Å². The van der Waals surface area contributed by atoms with E-state index in [1.807, 2.05) is 0 Å². The van der Waals surface area contributed by atoms with Gasteiger partial charge in [-0.1, -0.05) is 51.9 Å². The van der Waals surface area contributed by atoms with Gasteiger partial charge in [0.1, 0.15) is 0 Å². The Hall–Kier alpha value is -0.120. The number of hydrogen-bond donors (Lipinski definition) is 2. The van der Waals surface area contributed by atoms with Crippen LogP contribution in [0.5, 0.6) is 0 Å². The maximum absolute atomic E-state index is 10.4. The lowest BCUT2D eigenvalue weighted by molar-refractivity contribution is -0.0454. The van der Waals surface area contributed by atoms with Crippen molar-refractivity contribution in [2.75, 3.05) is 20.3 Å². The minimum Gasteiger partial charge on any atom is -0.387 e. The lowest BCUT2D eigenvalue weighted by atomic mass is 9.91. The first-order chi connectivity index (χ1) is 8.68. The van der Waals surface area contributed by atoms with E-state index < -0.39 is 5.60 Å². The molecule has 0 aliphatic carbocycles. The molecule has 3 nitrogen and oxygen atoms in total. The number of methoxy groups -OCH3 is 1. The van der Waals surface area contributed by atoms with Gasteiger partial charge in [-0.3, -0.25) is 0 Å². The van der Waals surface area contributed by atoms with Gasteiger partial charge in [-0.25, -0.2) is 0 Å². The molecule has 0 fully saturated rings. The predicted octanol–water partition coefficient (Wildman–Crippen LogP) is 3.24. The molecule has 0 aliphatic rings. The van der Waals surface area contributed by atoms with Crippen molar-refractivity contribution in [1.29, 1.82) is 0 Å². The second-order valence-corrected chi connectivity index (χ2v) is 5.42. The van der Waals surface area contributed by atoms with E-state index in [-0.39, 0.29) is 0 Å². The number of hydrogen-bond acceptors (Lipinski definition) is 3. The molecule has 1 unspecified atom stereocenters. The molecule has 3 heteroatoms. The van der Waals surface area contributed by atoms with E-state index in [1.165, 1.54) is 38.5 Å². The summed E-state index contributed by atoms with van der Waals surface area (Å²) in [6, 6.07) is 0. The van der Waals surface area contributed by atoms with Crippen LogP contribution in [0.4, 0.5) is 0 Å². The highest BCUT2D eigenvalue weighted by molar-refractivity contribution is 4.78. The van der Waals surface area contributed by atoms with Crippen LogP contribution < -0.4 is 5.73 Å². The Labute approximate surface area is 113 Å². The molecule has 1 atom stereocenters. The third kappa shape index (κ3) is 9.86. The number of rotatable bonds is 13. The van der Waals surface area contributed by atoms with Gasteiger partial charge in [-0.2, -0.15) is 0 Å². The van der Waals surface area contributed by atoms with Crippen LogP contribution in [0.15, 0.2) is 0 Å².